The fourth-order valence-electron chi connectivity index (χ4n) is 3.58. The Morgan fingerprint density at radius 2 is 1.90 bits per heavy atom. The number of aromatic nitrogens is 3. The lowest BCUT2D eigenvalue weighted by Gasteiger charge is -2.28. The van der Waals surface area contributed by atoms with Crippen LogP contribution in [-0.4, -0.2) is 65.0 Å². The summed E-state index contributed by atoms with van der Waals surface area (Å²) in [5.41, 5.74) is 2.57. The van der Waals surface area contributed by atoms with E-state index in [4.69, 9.17) is 4.74 Å². The van der Waals surface area contributed by atoms with E-state index in [0.717, 1.165) is 44.2 Å². The fourth-order valence-corrected chi connectivity index (χ4v) is 3.58. The third-order valence-corrected chi connectivity index (χ3v) is 5.21. The molecule has 0 saturated carbocycles. The first-order valence-corrected chi connectivity index (χ1v) is 10.0. The van der Waals surface area contributed by atoms with Gasteiger partial charge in [0, 0.05) is 18.6 Å². The summed E-state index contributed by atoms with van der Waals surface area (Å²) in [4.78, 5) is 20.7. The molecule has 1 aromatic carbocycles. The van der Waals surface area contributed by atoms with Gasteiger partial charge in [0.05, 0.1) is 49.8 Å². The second-order valence-electron chi connectivity index (χ2n) is 7.15. The molecule has 3 heterocycles. The highest BCUT2D eigenvalue weighted by molar-refractivity contribution is 5.93. The molecule has 0 radical (unpaired) electrons. The molecular formula is C22H26N5O2+. The van der Waals surface area contributed by atoms with Crippen molar-refractivity contribution in [1.82, 2.24) is 19.7 Å². The molecule has 1 aliphatic rings. The summed E-state index contributed by atoms with van der Waals surface area (Å²) in [5, 5.41) is 4.47. The number of hydrogen-bond donors (Lipinski definition) is 1. The number of hydrogen-bond acceptors (Lipinski definition) is 4. The Hall–Kier alpha value is -3.03. The van der Waals surface area contributed by atoms with Crippen LogP contribution in [0.4, 0.5) is 0 Å². The Morgan fingerprint density at radius 3 is 2.66 bits per heavy atom. The minimum Gasteiger partial charge on any atom is -0.370 e. The highest BCUT2D eigenvalue weighted by Crippen LogP contribution is 2.14. The normalized spacial score (nSPS) is 14.6. The number of pyridine rings is 1. The summed E-state index contributed by atoms with van der Waals surface area (Å²) < 4.78 is 7.35. The smallest absolute Gasteiger partial charge is 0.255 e. The van der Waals surface area contributed by atoms with Crippen molar-refractivity contribution in [3.05, 3.63) is 78.4 Å². The van der Waals surface area contributed by atoms with Gasteiger partial charge in [-0.2, -0.15) is 5.10 Å². The van der Waals surface area contributed by atoms with E-state index in [1.54, 1.807) is 24.7 Å². The van der Waals surface area contributed by atoms with Gasteiger partial charge in [-0.05, 0) is 30.3 Å². The first kappa shape index (κ1) is 19.3. The molecule has 29 heavy (non-hydrogen) atoms. The predicted octanol–water partition coefficient (Wildman–Crippen LogP) is 0.825. The molecule has 1 saturated heterocycles. The molecule has 150 valence electrons. The number of benzene rings is 1. The molecule has 1 N–H and O–H groups in total. The van der Waals surface area contributed by atoms with Crippen LogP contribution in [0.25, 0.3) is 5.69 Å². The number of carbonyl (C=O) groups is 1. The first-order chi connectivity index (χ1) is 14.3. The molecule has 7 nitrogen and oxygen atoms in total. The van der Waals surface area contributed by atoms with Crippen molar-refractivity contribution >= 4 is 5.91 Å². The van der Waals surface area contributed by atoms with Crippen LogP contribution in [0.1, 0.15) is 16.1 Å². The Morgan fingerprint density at radius 1 is 1.07 bits per heavy atom. The minimum atomic E-state index is -0.00780. The zero-order valence-electron chi connectivity index (χ0n) is 16.4. The van der Waals surface area contributed by atoms with E-state index in [1.165, 1.54) is 4.90 Å². The van der Waals surface area contributed by atoms with Gasteiger partial charge in [-0.3, -0.25) is 9.78 Å². The second-order valence-corrected chi connectivity index (χ2v) is 7.15. The van der Waals surface area contributed by atoms with Crippen LogP contribution in [0.5, 0.6) is 0 Å². The fraction of sp³-hybridized carbons (Fsp3) is 0.318. The molecule has 0 aliphatic carbocycles. The van der Waals surface area contributed by atoms with E-state index < -0.39 is 0 Å². The number of carbonyl (C=O) groups excluding carboxylic acids is 1. The van der Waals surface area contributed by atoms with E-state index in [-0.39, 0.29) is 5.91 Å². The summed E-state index contributed by atoms with van der Waals surface area (Å²) >= 11 is 0. The Labute approximate surface area is 170 Å². The second kappa shape index (κ2) is 9.45. The van der Waals surface area contributed by atoms with Crippen molar-refractivity contribution in [1.29, 1.82) is 0 Å². The molecule has 1 aliphatic heterocycles. The predicted molar refractivity (Wildman–Crippen MR) is 109 cm³/mol. The molecule has 4 rings (SSSR count). The third-order valence-electron chi connectivity index (χ3n) is 5.21. The number of nitrogens with zero attached hydrogens (tertiary/aromatic N) is 4. The van der Waals surface area contributed by atoms with Crippen molar-refractivity contribution in [2.45, 2.75) is 6.54 Å². The maximum atomic E-state index is 13.2. The zero-order valence-corrected chi connectivity index (χ0v) is 16.4. The monoisotopic (exact) mass is 392 g/mol. The van der Waals surface area contributed by atoms with Crippen molar-refractivity contribution < 1.29 is 14.4 Å². The average Bonchev–Trinajstić information content (AvgIpc) is 3.26. The molecule has 3 aromatic rings. The van der Waals surface area contributed by atoms with Gasteiger partial charge >= 0.3 is 0 Å². The standard InChI is InChI=1S/C22H25N5O2/c28-22(19-5-4-9-23-17-19)26(12-11-25-13-15-29-16-14-25)18-21-8-10-24-27(21)20-6-2-1-3-7-20/h1-10,17H,11-16,18H2/p+1. The maximum absolute atomic E-state index is 13.2. The lowest BCUT2D eigenvalue weighted by molar-refractivity contribution is -0.907. The topological polar surface area (TPSA) is 64.7 Å². The molecule has 0 bridgehead atoms. The van der Waals surface area contributed by atoms with Crippen molar-refractivity contribution in [2.75, 3.05) is 39.4 Å². The van der Waals surface area contributed by atoms with Gasteiger partial charge in [0.2, 0.25) is 0 Å². The first-order valence-electron chi connectivity index (χ1n) is 10.0. The van der Waals surface area contributed by atoms with Gasteiger partial charge in [-0.25, -0.2) is 4.68 Å². The van der Waals surface area contributed by atoms with Crippen LogP contribution in [0, 0.1) is 0 Å². The van der Waals surface area contributed by atoms with Gasteiger partial charge in [-0.1, -0.05) is 18.2 Å². The third kappa shape index (κ3) is 4.88. The van der Waals surface area contributed by atoms with Crippen LogP contribution in [-0.2, 0) is 11.3 Å². The van der Waals surface area contributed by atoms with E-state index in [1.807, 2.05) is 52.0 Å². The van der Waals surface area contributed by atoms with Gasteiger partial charge < -0.3 is 14.5 Å². The van der Waals surface area contributed by atoms with E-state index in [2.05, 4.69) is 10.1 Å². The molecule has 7 heteroatoms. The van der Waals surface area contributed by atoms with Gasteiger partial charge in [0.1, 0.15) is 13.1 Å². The summed E-state index contributed by atoms with van der Waals surface area (Å²) in [5.74, 6) is -0.00780. The molecule has 0 unspecified atom stereocenters. The highest BCUT2D eigenvalue weighted by Gasteiger charge is 2.22. The van der Waals surface area contributed by atoms with E-state index >= 15 is 0 Å². The number of morpholine rings is 1. The van der Waals surface area contributed by atoms with Gasteiger partial charge in [0.25, 0.3) is 5.91 Å². The summed E-state index contributed by atoms with van der Waals surface area (Å²) in [6.45, 7) is 5.59. The molecule has 0 spiro atoms. The molecular weight excluding hydrogens is 366 g/mol. The maximum Gasteiger partial charge on any atom is 0.255 e. The lowest BCUT2D eigenvalue weighted by atomic mass is 10.2. The number of rotatable bonds is 7. The van der Waals surface area contributed by atoms with Crippen molar-refractivity contribution in [2.24, 2.45) is 0 Å². The molecule has 1 amide bonds. The van der Waals surface area contributed by atoms with Crippen LogP contribution < -0.4 is 4.90 Å². The number of quaternary nitrogens is 1. The summed E-state index contributed by atoms with van der Waals surface area (Å²) in [6, 6.07) is 15.6. The molecule has 0 atom stereocenters. The average molecular weight is 392 g/mol. The van der Waals surface area contributed by atoms with Gasteiger partial charge in [0.15, 0.2) is 0 Å². The number of amides is 1. The molecule has 1 fully saturated rings. The Kier molecular flexibility index (Phi) is 6.29. The van der Waals surface area contributed by atoms with E-state index in [9.17, 15) is 4.79 Å². The number of para-hydroxylation sites is 1. The quantitative estimate of drug-likeness (QED) is 0.647. The van der Waals surface area contributed by atoms with Crippen LogP contribution in [0.2, 0.25) is 0 Å². The SMILES string of the molecule is O=C(c1cccnc1)N(CC[NH+]1CCOCC1)Cc1ccnn1-c1ccccc1. The van der Waals surface area contributed by atoms with Crippen LogP contribution >= 0.6 is 0 Å². The van der Waals surface area contributed by atoms with Crippen molar-refractivity contribution in [3.63, 3.8) is 0 Å². The van der Waals surface area contributed by atoms with Gasteiger partial charge in [-0.15, -0.1) is 0 Å². The minimum absolute atomic E-state index is 0.00780. The zero-order chi connectivity index (χ0) is 19.9. The molecule has 2 aromatic heterocycles. The Balaban J connectivity index is 1.54. The number of nitrogens with one attached hydrogen (secondary N) is 1. The lowest BCUT2D eigenvalue weighted by Crippen LogP contribution is -3.14. The van der Waals surface area contributed by atoms with E-state index in [0.29, 0.717) is 18.7 Å². The summed E-state index contributed by atoms with van der Waals surface area (Å²) in [6.07, 6.45) is 5.09. The largest absolute Gasteiger partial charge is 0.370 e. The van der Waals surface area contributed by atoms with Crippen LogP contribution in [0.15, 0.2) is 67.1 Å². The number of ether oxygens (including phenoxy) is 1. The summed E-state index contributed by atoms with van der Waals surface area (Å²) in [7, 11) is 0. The Bertz CT molecular complexity index is 907. The van der Waals surface area contributed by atoms with Crippen molar-refractivity contribution in [3.8, 4) is 5.69 Å². The highest BCUT2D eigenvalue weighted by atomic mass is 16.5. The van der Waals surface area contributed by atoms with Crippen LogP contribution in [0.3, 0.4) is 0 Å².